The van der Waals surface area contributed by atoms with E-state index in [4.69, 9.17) is 4.74 Å². The number of nitrogens with zero attached hydrogens (tertiary/aromatic N) is 3. The van der Waals surface area contributed by atoms with Gasteiger partial charge in [-0.2, -0.15) is 5.10 Å². The Morgan fingerprint density at radius 3 is 2.96 bits per heavy atom. The van der Waals surface area contributed by atoms with E-state index < -0.39 is 0 Å². The van der Waals surface area contributed by atoms with Gasteiger partial charge in [0.05, 0.1) is 6.54 Å². The van der Waals surface area contributed by atoms with Gasteiger partial charge in [0.25, 0.3) is 11.8 Å². The number of ether oxygens (including phenoxy) is 1. The molecule has 0 fully saturated rings. The number of fused-ring (bicyclic) bond motifs is 1. The number of aromatic nitrogens is 2. The van der Waals surface area contributed by atoms with Crippen molar-refractivity contribution < 1.29 is 18.7 Å². The van der Waals surface area contributed by atoms with E-state index in [1.54, 1.807) is 28.8 Å². The van der Waals surface area contributed by atoms with Crippen LogP contribution >= 0.6 is 0 Å². The van der Waals surface area contributed by atoms with Gasteiger partial charge in [0, 0.05) is 39.4 Å². The Bertz CT molecular complexity index is 805. The van der Waals surface area contributed by atoms with E-state index in [2.05, 4.69) is 10.4 Å². The van der Waals surface area contributed by atoms with Gasteiger partial charge >= 0.3 is 0 Å². The number of carbonyl (C=O) groups is 2. The molecule has 0 saturated carbocycles. The normalized spacial score (nSPS) is 13.6. The third kappa shape index (κ3) is 4.08. The molecular formula is C18H21FN4O3. The topological polar surface area (TPSA) is 76.5 Å². The first kappa shape index (κ1) is 18.1. The zero-order valence-electron chi connectivity index (χ0n) is 14.6. The van der Waals surface area contributed by atoms with Crippen LogP contribution in [0.5, 0.6) is 0 Å². The summed E-state index contributed by atoms with van der Waals surface area (Å²) in [6.45, 7) is 2.31. The third-order valence-corrected chi connectivity index (χ3v) is 4.17. The molecule has 0 saturated heterocycles. The van der Waals surface area contributed by atoms with Crippen molar-refractivity contribution in [3.63, 3.8) is 0 Å². The molecule has 0 atom stereocenters. The van der Waals surface area contributed by atoms with Crippen molar-refractivity contribution in [1.29, 1.82) is 0 Å². The van der Waals surface area contributed by atoms with E-state index in [1.165, 1.54) is 18.2 Å². The molecule has 0 bridgehead atoms. The molecule has 138 valence electrons. The Labute approximate surface area is 150 Å². The van der Waals surface area contributed by atoms with Gasteiger partial charge in [-0.25, -0.2) is 4.39 Å². The summed E-state index contributed by atoms with van der Waals surface area (Å²) in [7, 11) is 1.60. The van der Waals surface area contributed by atoms with Gasteiger partial charge in [-0.3, -0.25) is 14.3 Å². The molecule has 3 rings (SSSR count). The maximum absolute atomic E-state index is 13.3. The van der Waals surface area contributed by atoms with Crippen LogP contribution in [0.3, 0.4) is 0 Å². The maximum atomic E-state index is 13.3. The molecule has 2 amide bonds. The van der Waals surface area contributed by atoms with E-state index in [9.17, 15) is 14.0 Å². The van der Waals surface area contributed by atoms with Gasteiger partial charge in [0.1, 0.15) is 11.5 Å². The van der Waals surface area contributed by atoms with Gasteiger partial charge in [-0.1, -0.05) is 12.1 Å². The van der Waals surface area contributed by atoms with Gasteiger partial charge in [0.2, 0.25) is 0 Å². The summed E-state index contributed by atoms with van der Waals surface area (Å²) in [6.07, 6.45) is 0.705. The lowest BCUT2D eigenvalue weighted by Gasteiger charge is -2.27. The fourth-order valence-corrected chi connectivity index (χ4v) is 2.86. The SMILES string of the molecule is COCCCNC(=O)c1cc2n(n1)CCN(Cc1cccc(F)c1)C2=O. The summed E-state index contributed by atoms with van der Waals surface area (Å²) < 4.78 is 19.8. The van der Waals surface area contributed by atoms with Crippen LogP contribution in [0.1, 0.15) is 33.0 Å². The molecule has 1 N–H and O–H groups in total. The number of methoxy groups -OCH3 is 1. The summed E-state index contributed by atoms with van der Waals surface area (Å²) >= 11 is 0. The van der Waals surface area contributed by atoms with E-state index in [0.717, 1.165) is 5.56 Å². The second kappa shape index (κ2) is 8.09. The molecular weight excluding hydrogens is 339 g/mol. The minimum absolute atomic E-state index is 0.216. The fraction of sp³-hybridized carbons (Fsp3) is 0.389. The number of halogens is 1. The van der Waals surface area contributed by atoms with Crippen molar-refractivity contribution in [3.05, 3.63) is 53.1 Å². The first-order valence-corrected chi connectivity index (χ1v) is 8.47. The number of amides is 2. The highest BCUT2D eigenvalue weighted by Gasteiger charge is 2.27. The molecule has 1 aliphatic heterocycles. The average molecular weight is 360 g/mol. The Morgan fingerprint density at radius 2 is 2.19 bits per heavy atom. The lowest BCUT2D eigenvalue weighted by Crippen LogP contribution is -2.39. The van der Waals surface area contributed by atoms with Crippen LogP contribution in [-0.2, 0) is 17.8 Å². The van der Waals surface area contributed by atoms with Crippen LogP contribution < -0.4 is 5.32 Å². The van der Waals surface area contributed by atoms with Gasteiger partial charge in [-0.05, 0) is 24.1 Å². The Hall–Kier alpha value is -2.74. The second-order valence-corrected chi connectivity index (χ2v) is 6.10. The lowest BCUT2D eigenvalue weighted by atomic mass is 10.2. The molecule has 1 aromatic carbocycles. The van der Waals surface area contributed by atoms with Gasteiger partial charge in [0.15, 0.2) is 5.69 Å². The molecule has 26 heavy (non-hydrogen) atoms. The van der Waals surface area contributed by atoms with Crippen LogP contribution in [-0.4, -0.2) is 53.3 Å². The molecule has 2 heterocycles. The van der Waals surface area contributed by atoms with Crippen molar-refractivity contribution in [2.45, 2.75) is 19.5 Å². The molecule has 2 aromatic rings. The Morgan fingerprint density at radius 1 is 1.35 bits per heavy atom. The molecule has 1 aliphatic rings. The van der Waals surface area contributed by atoms with Crippen LogP contribution in [0.4, 0.5) is 4.39 Å². The van der Waals surface area contributed by atoms with E-state index in [0.29, 0.717) is 44.9 Å². The van der Waals surface area contributed by atoms with Crippen molar-refractivity contribution in [2.75, 3.05) is 26.8 Å². The minimum atomic E-state index is -0.329. The quantitative estimate of drug-likeness (QED) is 0.758. The van der Waals surface area contributed by atoms with Crippen molar-refractivity contribution in [3.8, 4) is 0 Å². The largest absolute Gasteiger partial charge is 0.385 e. The van der Waals surface area contributed by atoms with Crippen LogP contribution in [0, 0.1) is 5.82 Å². The highest BCUT2D eigenvalue weighted by atomic mass is 19.1. The molecule has 7 nitrogen and oxygen atoms in total. The molecule has 1 aromatic heterocycles. The Kier molecular flexibility index (Phi) is 5.62. The number of hydrogen-bond acceptors (Lipinski definition) is 4. The zero-order chi connectivity index (χ0) is 18.5. The van der Waals surface area contributed by atoms with Crippen LogP contribution in [0.25, 0.3) is 0 Å². The van der Waals surface area contributed by atoms with E-state index >= 15 is 0 Å². The molecule has 0 spiro atoms. The van der Waals surface area contributed by atoms with Gasteiger partial charge in [-0.15, -0.1) is 0 Å². The average Bonchev–Trinajstić information content (AvgIpc) is 3.06. The maximum Gasteiger partial charge on any atom is 0.272 e. The number of hydrogen-bond donors (Lipinski definition) is 1. The standard InChI is InChI=1S/C18H21FN4O3/c1-26-9-3-6-20-17(24)15-11-16-18(25)22(7-8-23(16)21-15)12-13-4-2-5-14(19)10-13/h2,4-5,10-11H,3,6-9,12H2,1H3,(H,20,24). The summed E-state index contributed by atoms with van der Waals surface area (Å²) in [5, 5.41) is 6.98. The number of benzene rings is 1. The first-order valence-electron chi connectivity index (χ1n) is 8.47. The zero-order valence-corrected chi connectivity index (χ0v) is 14.6. The second-order valence-electron chi connectivity index (χ2n) is 6.10. The summed E-state index contributed by atoms with van der Waals surface area (Å²) in [4.78, 5) is 26.4. The predicted molar refractivity (Wildman–Crippen MR) is 92.2 cm³/mol. The third-order valence-electron chi connectivity index (χ3n) is 4.17. The first-order chi connectivity index (χ1) is 12.6. The minimum Gasteiger partial charge on any atom is -0.385 e. The smallest absolute Gasteiger partial charge is 0.272 e. The van der Waals surface area contributed by atoms with Crippen LogP contribution in [0.15, 0.2) is 30.3 Å². The highest BCUT2D eigenvalue weighted by molar-refractivity contribution is 5.98. The predicted octanol–water partition coefficient (Wildman–Crippen LogP) is 1.44. The molecule has 0 radical (unpaired) electrons. The summed E-state index contributed by atoms with van der Waals surface area (Å²) in [6, 6.07) is 7.69. The molecule has 0 unspecified atom stereocenters. The molecule has 8 heteroatoms. The lowest BCUT2D eigenvalue weighted by molar-refractivity contribution is 0.0682. The monoisotopic (exact) mass is 360 g/mol. The van der Waals surface area contributed by atoms with Gasteiger partial charge < -0.3 is 15.0 Å². The van der Waals surface area contributed by atoms with Crippen molar-refractivity contribution >= 4 is 11.8 Å². The Balaban J connectivity index is 1.66. The number of rotatable bonds is 7. The highest BCUT2D eigenvalue weighted by Crippen LogP contribution is 2.17. The summed E-state index contributed by atoms with van der Waals surface area (Å²) in [5.74, 6) is -0.858. The number of nitrogens with one attached hydrogen (secondary N) is 1. The van der Waals surface area contributed by atoms with E-state index in [1.807, 2.05) is 0 Å². The van der Waals surface area contributed by atoms with Crippen molar-refractivity contribution in [2.24, 2.45) is 0 Å². The van der Waals surface area contributed by atoms with E-state index in [-0.39, 0.29) is 23.3 Å². The molecule has 0 aliphatic carbocycles. The van der Waals surface area contributed by atoms with Crippen LogP contribution in [0.2, 0.25) is 0 Å². The fourth-order valence-electron chi connectivity index (χ4n) is 2.86. The number of carbonyl (C=O) groups excluding carboxylic acids is 2. The summed E-state index contributed by atoms with van der Waals surface area (Å²) in [5.41, 5.74) is 1.32. The van der Waals surface area contributed by atoms with Crippen molar-refractivity contribution in [1.82, 2.24) is 20.0 Å².